The van der Waals surface area contributed by atoms with Crippen molar-refractivity contribution in [1.82, 2.24) is 0 Å². The quantitative estimate of drug-likeness (QED) is 0.546. The molecule has 0 aliphatic carbocycles. The second kappa shape index (κ2) is 7.59. The maximum Gasteiger partial charge on any atom is 0.119 e. The van der Waals surface area contributed by atoms with Gasteiger partial charge in [0.15, 0.2) is 0 Å². The lowest BCUT2D eigenvalue weighted by Gasteiger charge is -2.05. The summed E-state index contributed by atoms with van der Waals surface area (Å²) in [6.45, 7) is 6.86. The average molecular weight is 246 g/mol. The predicted molar refractivity (Wildman–Crippen MR) is 76.6 cm³/mol. The van der Waals surface area contributed by atoms with Crippen LogP contribution in [-0.2, 0) is 4.74 Å². The van der Waals surface area contributed by atoms with E-state index in [9.17, 15) is 0 Å². The van der Waals surface area contributed by atoms with E-state index >= 15 is 0 Å². The van der Waals surface area contributed by atoms with E-state index in [0.717, 1.165) is 17.9 Å². The first-order valence-electron chi connectivity index (χ1n) is 6.35. The van der Waals surface area contributed by atoms with Crippen molar-refractivity contribution < 1.29 is 9.47 Å². The van der Waals surface area contributed by atoms with Gasteiger partial charge >= 0.3 is 0 Å². The Hall–Kier alpha value is -1.70. The van der Waals surface area contributed by atoms with Gasteiger partial charge in [0.2, 0.25) is 0 Å². The lowest BCUT2D eigenvalue weighted by molar-refractivity contribution is 0.281. The molecule has 0 N–H and O–H groups in total. The number of ether oxygens (including phenoxy) is 2. The molecule has 0 fully saturated rings. The fraction of sp³-hybridized carbons (Fsp3) is 0.375. The van der Waals surface area contributed by atoms with Crippen LogP contribution in [0.5, 0.6) is 5.75 Å². The molecular formula is C16H22O2. The van der Waals surface area contributed by atoms with Gasteiger partial charge in [-0.3, -0.25) is 0 Å². The van der Waals surface area contributed by atoms with Crippen LogP contribution < -0.4 is 4.74 Å². The van der Waals surface area contributed by atoms with E-state index in [0.29, 0.717) is 6.61 Å². The van der Waals surface area contributed by atoms with Gasteiger partial charge in [-0.2, -0.15) is 0 Å². The second-order valence-corrected chi connectivity index (χ2v) is 4.00. The first kappa shape index (κ1) is 14.4. The molecule has 0 unspecified atom stereocenters. The van der Waals surface area contributed by atoms with Gasteiger partial charge in [-0.15, -0.1) is 0 Å². The lowest BCUT2D eigenvalue weighted by atomic mass is 10.1. The summed E-state index contributed by atoms with van der Waals surface area (Å²) in [5.74, 6) is 1.90. The van der Waals surface area contributed by atoms with Gasteiger partial charge in [-0.25, -0.2) is 0 Å². The summed E-state index contributed by atoms with van der Waals surface area (Å²) in [5, 5.41) is 0. The van der Waals surface area contributed by atoms with E-state index in [2.05, 4.69) is 32.1 Å². The van der Waals surface area contributed by atoms with Crippen molar-refractivity contribution in [3.05, 3.63) is 47.7 Å². The first-order valence-corrected chi connectivity index (χ1v) is 6.35. The summed E-state index contributed by atoms with van der Waals surface area (Å²) in [6, 6.07) is 8.14. The molecule has 2 heteroatoms. The minimum Gasteiger partial charge on any atom is -0.501 e. The minimum atomic E-state index is 0.699. The zero-order valence-corrected chi connectivity index (χ0v) is 11.7. The molecule has 2 nitrogen and oxygen atoms in total. The fourth-order valence-corrected chi connectivity index (χ4v) is 1.63. The number of allylic oxidation sites excluding steroid dienone is 4. The van der Waals surface area contributed by atoms with Crippen LogP contribution in [0.1, 0.15) is 32.8 Å². The summed E-state index contributed by atoms with van der Waals surface area (Å²) in [5.41, 5.74) is 2.40. The van der Waals surface area contributed by atoms with Crippen molar-refractivity contribution in [2.24, 2.45) is 0 Å². The van der Waals surface area contributed by atoms with Gasteiger partial charge < -0.3 is 9.47 Å². The van der Waals surface area contributed by atoms with Crippen molar-refractivity contribution in [2.75, 3.05) is 13.7 Å². The Kier molecular flexibility index (Phi) is 6.06. The molecule has 0 heterocycles. The van der Waals surface area contributed by atoms with E-state index in [1.807, 2.05) is 25.1 Å². The van der Waals surface area contributed by atoms with E-state index in [-0.39, 0.29) is 0 Å². The zero-order chi connectivity index (χ0) is 13.4. The highest BCUT2D eigenvalue weighted by Gasteiger charge is 1.97. The van der Waals surface area contributed by atoms with E-state index in [1.165, 1.54) is 11.1 Å². The van der Waals surface area contributed by atoms with Crippen molar-refractivity contribution in [1.29, 1.82) is 0 Å². The topological polar surface area (TPSA) is 18.5 Å². The third-order valence-electron chi connectivity index (χ3n) is 2.75. The Balaban J connectivity index is 2.80. The minimum absolute atomic E-state index is 0.699. The van der Waals surface area contributed by atoms with Crippen LogP contribution in [-0.4, -0.2) is 13.7 Å². The molecule has 1 aromatic rings. The third kappa shape index (κ3) is 4.28. The van der Waals surface area contributed by atoms with Gasteiger partial charge in [-0.05, 0) is 43.2 Å². The summed E-state index contributed by atoms with van der Waals surface area (Å²) < 4.78 is 10.7. The van der Waals surface area contributed by atoms with E-state index < -0.39 is 0 Å². The van der Waals surface area contributed by atoms with Gasteiger partial charge in [-0.1, -0.05) is 25.1 Å². The molecule has 0 atom stereocenters. The molecule has 0 saturated heterocycles. The van der Waals surface area contributed by atoms with Gasteiger partial charge in [0, 0.05) is 6.42 Å². The van der Waals surface area contributed by atoms with Gasteiger partial charge in [0.1, 0.15) is 5.75 Å². The van der Waals surface area contributed by atoms with Crippen molar-refractivity contribution in [3.63, 3.8) is 0 Å². The van der Waals surface area contributed by atoms with Gasteiger partial charge in [0.25, 0.3) is 0 Å². The second-order valence-electron chi connectivity index (χ2n) is 4.00. The third-order valence-corrected chi connectivity index (χ3v) is 2.75. The molecule has 0 spiro atoms. The van der Waals surface area contributed by atoms with Crippen molar-refractivity contribution in [2.45, 2.75) is 27.2 Å². The summed E-state index contributed by atoms with van der Waals surface area (Å²) >= 11 is 0. The Labute approximate surface area is 110 Å². The number of rotatable bonds is 6. The van der Waals surface area contributed by atoms with Crippen LogP contribution in [0.4, 0.5) is 0 Å². The Bertz CT molecular complexity index is 407. The Morgan fingerprint density at radius 1 is 1.11 bits per heavy atom. The van der Waals surface area contributed by atoms with Crippen molar-refractivity contribution >= 4 is 5.57 Å². The van der Waals surface area contributed by atoms with Crippen LogP contribution >= 0.6 is 0 Å². The molecule has 1 rings (SSSR count). The standard InChI is InChI=1S/C16H22O2/c1-5-15(17-4)10-7-13(3)14-8-11-16(12-9-14)18-6-2/h7-12H,5-6H2,1-4H3/b13-7+,15-10+. The van der Waals surface area contributed by atoms with Crippen LogP contribution in [0.25, 0.3) is 5.57 Å². The summed E-state index contributed by atoms with van der Waals surface area (Å²) in [4.78, 5) is 0. The number of hydrogen-bond acceptors (Lipinski definition) is 2. The molecule has 98 valence electrons. The van der Waals surface area contributed by atoms with Crippen LogP contribution in [0.3, 0.4) is 0 Å². The number of hydrogen-bond donors (Lipinski definition) is 0. The highest BCUT2D eigenvalue weighted by atomic mass is 16.5. The average Bonchev–Trinajstić information content (AvgIpc) is 2.41. The zero-order valence-electron chi connectivity index (χ0n) is 11.7. The normalized spacial score (nSPS) is 12.4. The van der Waals surface area contributed by atoms with Crippen molar-refractivity contribution in [3.8, 4) is 5.75 Å². The summed E-state index contributed by atoms with van der Waals surface area (Å²) in [7, 11) is 1.70. The monoisotopic (exact) mass is 246 g/mol. The highest BCUT2D eigenvalue weighted by Crippen LogP contribution is 2.19. The molecule has 1 aromatic carbocycles. The molecule has 0 radical (unpaired) electrons. The number of methoxy groups -OCH3 is 1. The first-order chi connectivity index (χ1) is 8.71. The molecule has 18 heavy (non-hydrogen) atoms. The molecule has 0 aliphatic rings. The molecule has 0 aromatic heterocycles. The maximum absolute atomic E-state index is 5.42. The maximum atomic E-state index is 5.42. The Morgan fingerprint density at radius 3 is 2.28 bits per heavy atom. The smallest absolute Gasteiger partial charge is 0.119 e. The fourth-order valence-electron chi connectivity index (χ4n) is 1.63. The number of benzene rings is 1. The molecule has 0 saturated carbocycles. The lowest BCUT2D eigenvalue weighted by Crippen LogP contribution is -1.91. The van der Waals surface area contributed by atoms with E-state index in [4.69, 9.17) is 9.47 Å². The molecule has 0 amide bonds. The molecule has 0 bridgehead atoms. The summed E-state index contributed by atoms with van der Waals surface area (Å²) in [6.07, 6.45) is 5.01. The van der Waals surface area contributed by atoms with Crippen LogP contribution in [0, 0.1) is 0 Å². The predicted octanol–water partition coefficient (Wildman–Crippen LogP) is 4.43. The largest absolute Gasteiger partial charge is 0.501 e. The molecular weight excluding hydrogens is 224 g/mol. The Morgan fingerprint density at radius 2 is 1.78 bits per heavy atom. The van der Waals surface area contributed by atoms with Crippen LogP contribution in [0.15, 0.2) is 42.2 Å². The highest BCUT2D eigenvalue weighted by molar-refractivity contribution is 5.65. The van der Waals surface area contributed by atoms with E-state index in [1.54, 1.807) is 7.11 Å². The van der Waals surface area contributed by atoms with Gasteiger partial charge in [0.05, 0.1) is 19.5 Å². The van der Waals surface area contributed by atoms with Crippen LogP contribution in [0.2, 0.25) is 0 Å². The SMILES string of the molecule is CCOc1ccc(/C(C)=C/C=C(\CC)OC)cc1. The molecule has 0 aliphatic heterocycles.